The molecule has 1 aromatic rings. The van der Waals surface area contributed by atoms with Crippen molar-refractivity contribution < 1.29 is 4.74 Å². The van der Waals surface area contributed by atoms with Crippen LogP contribution in [0.2, 0.25) is 5.15 Å². The average Bonchev–Trinajstić information content (AvgIpc) is 2.28. The lowest BCUT2D eigenvalue weighted by Gasteiger charge is -2.32. The fourth-order valence-corrected chi connectivity index (χ4v) is 2.54. The summed E-state index contributed by atoms with van der Waals surface area (Å²) in [5, 5.41) is 0.519. The van der Waals surface area contributed by atoms with Crippen LogP contribution in [0.5, 0.6) is 0 Å². The molecule has 100 valence electrons. The summed E-state index contributed by atoms with van der Waals surface area (Å²) in [4.78, 5) is 9.01. The molecule has 0 amide bonds. The number of hydrogen-bond donors (Lipinski definition) is 0. The van der Waals surface area contributed by atoms with E-state index in [-0.39, 0.29) is 5.60 Å². The molecule has 0 aromatic carbocycles. The fraction of sp³-hybridized carbons (Fsp3) is 0.714. The van der Waals surface area contributed by atoms with Crippen molar-refractivity contribution in [2.75, 3.05) is 6.61 Å². The molecular weight excluding hydrogens is 248 g/mol. The van der Waals surface area contributed by atoms with Crippen molar-refractivity contribution in [3.05, 3.63) is 22.7 Å². The molecule has 1 fully saturated rings. The Hall–Kier alpha value is -0.670. The summed E-state index contributed by atoms with van der Waals surface area (Å²) in [5.74, 6) is 1.30. The Labute approximate surface area is 114 Å². The van der Waals surface area contributed by atoms with Crippen molar-refractivity contribution >= 4 is 11.6 Å². The van der Waals surface area contributed by atoms with Gasteiger partial charge < -0.3 is 4.74 Å². The lowest BCUT2D eigenvalue weighted by atomic mass is 9.95. The Bertz CT molecular complexity index is 414. The molecule has 0 N–H and O–H groups in total. The van der Waals surface area contributed by atoms with Crippen LogP contribution in [0.15, 0.2) is 6.07 Å². The van der Waals surface area contributed by atoms with Crippen LogP contribution >= 0.6 is 11.6 Å². The van der Waals surface area contributed by atoms with E-state index in [1.165, 1.54) is 0 Å². The minimum Gasteiger partial charge on any atom is -0.367 e. The van der Waals surface area contributed by atoms with E-state index in [2.05, 4.69) is 30.7 Å². The average molecular weight is 269 g/mol. The highest BCUT2D eigenvalue weighted by Crippen LogP contribution is 2.33. The molecule has 0 saturated carbocycles. The van der Waals surface area contributed by atoms with Crippen LogP contribution in [-0.2, 0) is 16.8 Å². The largest absolute Gasteiger partial charge is 0.367 e. The molecule has 2 heterocycles. The lowest BCUT2D eigenvalue weighted by Crippen LogP contribution is -2.32. The van der Waals surface area contributed by atoms with Gasteiger partial charge in [0, 0.05) is 12.3 Å². The first-order chi connectivity index (χ1) is 8.49. The molecule has 1 aliphatic heterocycles. The number of hydrogen-bond acceptors (Lipinski definition) is 3. The number of rotatable bonds is 3. The summed E-state index contributed by atoms with van der Waals surface area (Å²) >= 11 is 6.11. The van der Waals surface area contributed by atoms with Gasteiger partial charge >= 0.3 is 0 Å². The number of ether oxygens (including phenoxy) is 1. The molecule has 1 aliphatic rings. The van der Waals surface area contributed by atoms with Gasteiger partial charge in [0.1, 0.15) is 10.8 Å². The molecule has 2 rings (SSSR count). The summed E-state index contributed by atoms with van der Waals surface area (Å²) in [6.07, 6.45) is 4.17. The molecule has 0 bridgehead atoms. The highest BCUT2D eigenvalue weighted by molar-refractivity contribution is 6.29. The molecule has 1 atom stereocenters. The molecule has 3 nitrogen and oxygen atoms in total. The Morgan fingerprint density at radius 1 is 1.39 bits per heavy atom. The summed E-state index contributed by atoms with van der Waals surface area (Å²) in [6.45, 7) is 7.20. The highest BCUT2D eigenvalue weighted by Gasteiger charge is 2.33. The Morgan fingerprint density at radius 2 is 2.17 bits per heavy atom. The zero-order chi connectivity index (χ0) is 13.2. The molecule has 1 aromatic heterocycles. The zero-order valence-corrected chi connectivity index (χ0v) is 12.1. The van der Waals surface area contributed by atoms with Gasteiger partial charge in [-0.1, -0.05) is 25.4 Å². The van der Waals surface area contributed by atoms with Crippen molar-refractivity contribution in [3.63, 3.8) is 0 Å². The Morgan fingerprint density at radius 3 is 2.78 bits per heavy atom. The zero-order valence-electron chi connectivity index (χ0n) is 11.4. The first kappa shape index (κ1) is 13.8. The second-order valence-electron chi connectivity index (χ2n) is 5.64. The Kier molecular flexibility index (Phi) is 4.23. The van der Waals surface area contributed by atoms with E-state index in [0.29, 0.717) is 11.1 Å². The van der Waals surface area contributed by atoms with Crippen LogP contribution < -0.4 is 0 Å². The van der Waals surface area contributed by atoms with Crippen LogP contribution in [0.1, 0.15) is 51.6 Å². The quantitative estimate of drug-likeness (QED) is 0.783. The summed E-state index contributed by atoms with van der Waals surface area (Å²) in [7, 11) is 0. The molecule has 4 heteroatoms. The van der Waals surface area contributed by atoms with Gasteiger partial charge in [0.05, 0.1) is 0 Å². The molecule has 18 heavy (non-hydrogen) atoms. The molecular formula is C14H21ClN2O. The third-order valence-electron chi connectivity index (χ3n) is 3.31. The van der Waals surface area contributed by atoms with Gasteiger partial charge in [-0.3, -0.25) is 0 Å². The predicted octanol–water partition coefficient (Wildman–Crippen LogP) is 3.74. The molecule has 0 aliphatic carbocycles. The summed E-state index contributed by atoms with van der Waals surface area (Å²) in [6, 6.07) is 1.86. The number of nitrogens with zero attached hydrogens (tertiary/aromatic N) is 2. The maximum Gasteiger partial charge on any atom is 0.161 e. The lowest BCUT2D eigenvalue weighted by molar-refractivity contribution is -0.0761. The van der Waals surface area contributed by atoms with Gasteiger partial charge in [-0.15, -0.1) is 0 Å². The van der Waals surface area contributed by atoms with E-state index in [0.717, 1.165) is 43.8 Å². The van der Waals surface area contributed by atoms with Gasteiger partial charge in [-0.25, -0.2) is 9.97 Å². The second kappa shape index (κ2) is 5.54. The molecule has 1 saturated heterocycles. The number of aromatic nitrogens is 2. The Balaban J connectivity index is 2.29. The van der Waals surface area contributed by atoms with E-state index in [9.17, 15) is 0 Å². The van der Waals surface area contributed by atoms with Gasteiger partial charge in [-0.05, 0) is 44.6 Å². The standard InChI is InChI=1S/C14H21ClN2O/c1-10(2)8-11-9-12(15)17-13(16-11)14(3)6-4-5-7-18-14/h9-10H,4-8H2,1-3H3. The second-order valence-corrected chi connectivity index (χ2v) is 6.03. The normalized spacial score (nSPS) is 24.5. The first-order valence-corrected chi connectivity index (χ1v) is 7.05. The maximum atomic E-state index is 6.11. The third-order valence-corrected chi connectivity index (χ3v) is 3.50. The predicted molar refractivity (Wildman–Crippen MR) is 72.7 cm³/mol. The van der Waals surface area contributed by atoms with Crippen molar-refractivity contribution in [1.82, 2.24) is 9.97 Å². The minimum absolute atomic E-state index is 0.366. The van der Waals surface area contributed by atoms with Gasteiger partial charge in [0.25, 0.3) is 0 Å². The van der Waals surface area contributed by atoms with Crippen LogP contribution in [0.25, 0.3) is 0 Å². The molecule has 0 spiro atoms. The van der Waals surface area contributed by atoms with E-state index in [1.54, 1.807) is 0 Å². The highest BCUT2D eigenvalue weighted by atomic mass is 35.5. The van der Waals surface area contributed by atoms with Gasteiger partial charge in [0.15, 0.2) is 5.82 Å². The minimum atomic E-state index is -0.366. The van der Waals surface area contributed by atoms with Crippen molar-refractivity contribution in [2.45, 2.75) is 52.1 Å². The van der Waals surface area contributed by atoms with Crippen LogP contribution in [-0.4, -0.2) is 16.6 Å². The fourth-order valence-electron chi connectivity index (χ4n) is 2.33. The van der Waals surface area contributed by atoms with Crippen molar-refractivity contribution in [2.24, 2.45) is 5.92 Å². The van der Waals surface area contributed by atoms with Crippen molar-refractivity contribution in [1.29, 1.82) is 0 Å². The summed E-state index contributed by atoms with van der Waals surface area (Å²) in [5.41, 5.74) is 0.643. The van der Waals surface area contributed by atoms with Crippen LogP contribution in [0.4, 0.5) is 0 Å². The summed E-state index contributed by atoms with van der Waals surface area (Å²) < 4.78 is 5.88. The van der Waals surface area contributed by atoms with Crippen LogP contribution in [0, 0.1) is 5.92 Å². The van der Waals surface area contributed by atoms with Crippen molar-refractivity contribution in [3.8, 4) is 0 Å². The van der Waals surface area contributed by atoms with Gasteiger partial charge in [0.2, 0.25) is 0 Å². The topological polar surface area (TPSA) is 35.0 Å². The SMILES string of the molecule is CC(C)Cc1cc(Cl)nc(C2(C)CCCCO2)n1. The molecule has 0 radical (unpaired) electrons. The van der Waals surface area contributed by atoms with Crippen LogP contribution in [0.3, 0.4) is 0 Å². The van der Waals surface area contributed by atoms with E-state index < -0.39 is 0 Å². The third kappa shape index (κ3) is 3.21. The smallest absolute Gasteiger partial charge is 0.161 e. The van der Waals surface area contributed by atoms with E-state index >= 15 is 0 Å². The maximum absolute atomic E-state index is 6.11. The van der Waals surface area contributed by atoms with Gasteiger partial charge in [-0.2, -0.15) is 0 Å². The van der Waals surface area contributed by atoms with E-state index in [1.807, 2.05) is 6.07 Å². The number of halogens is 1. The molecule has 1 unspecified atom stereocenters. The first-order valence-electron chi connectivity index (χ1n) is 6.67. The monoisotopic (exact) mass is 268 g/mol. The van der Waals surface area contributed by atoms with E-state index in [4.69, 9.17) is 16.3 Å².